The van der Waals surface area contributed by atoms with E-state index in [0.717, 1.165) is 44.6 Å². The van der Waals surface area contributed by atoms with E-state index in [0.29, 0.717) is 24.0 Å². The molecule has 2 N–H and O–H groups in total. The summed E-state index contributed by atoms with van der Waals surface area (Å²) in [5.41, 5.74) is 7.65. The summed E-state index contributed by atoms with van der Waals surface area (Å²) in [6.07, 6.45) is 3.66. The van der Waals surface area contributed by atoms with E-state index in [9.17, 15) is 9.59 Å². The van der Waals surface area contributed by atoms with Crippen molar-refractivity contribution in [2.75, 3.05) is 6.54 Å². The number of fused-ring (bicyclic) bond motifs is 2. The molecule has 0 saturated heterocycles. The maximum Gasteiger partial charge on any atom is 0.252 e. The second-order valence-corrected chi connectivity index (χ2v) is 9.43. The van der Waals surface area contributed by atoms with Crippen molar-refractivity contribution in [3.63, 3.8) is 0 Å². The first-order valence-corrected chi connectivity index (χ1v) is 13.0. The third-order valence-electron chi connectivity index (χ3n) is 6.52. The second-order valence-electron chi connectivity index (χ2n) is 9.43. The van der Waals surface area contributed by atoms with Crippen LogP contribution in [0.3, 0.4) is 0 Å². The molecule has 1 atom stereocenters. The lowest BCUT2D eigenvalue weighted by atomic mass is 10.0. The second kappa shape index (κ2) is 11.7. The predicted octanol–water partition coefficient (Wildman–Crippen LogP) is 4.07. The van der Waals surface area contributed by atoms with Crippen LogP contribution in [0.1, 0.15) is 45.4 Å². The summed E-state index contributed by atoms with van der Waals surface area (Å²) in [5.74, 6) is 5.74. The van der Waals surface area contributed by atoms with Crippen molar-refractivity contribution in [2.45, 2.75) is 33.2 Å². The van der Waals surface area contributed by atoms with Gasteiger partial charge < -0.3 is 10.6 Å². The lowest BCUT2D eigenvalue weighted by Crippen LogP contribution is -2.48. The molecule has 0 aliphatic heterocycles. The van der Waals surface area contributed by atoms with Gasteiger partial charge in [0.1, 0.15) is 6.04 Å². The summed E-state index contributed by atoms with van der Waals surface area (Å²) in [4.78, 5) is 43.7. The standard InChI is InChI=1S/C32H28N6O2/c1-4-33-32(40)30(38-31(39)25-12-14-27-29(19-25)37-21(3)20(2)36-27)18-23-8-5-22(6-9-23)7-10-24-11-13-26-28(17-24)35-16-15-34-26/h5-6,8-9,11-17,19,30H,4,18H2,1-3H3,(H,33,40)(H,38,39)/t30-/m1/s1. The van der Waals surface area contributed by atoms with Gasteiger partial charge in [-0.15, -0.1) is 0 Å². The smallest absolute Gasteiger partial charge is 0.252 e. The van der Waals surface area contributed by atoms with E-state index >= 15 is 0 Å². The molecule has 0 radical (unpaired) electrons. The van der Waals surface area contributed by atoms with E-state index in [1.807, 2.05) is 63.2 Å². The number of amides is 2. The Morgan fingerprint density at radius 3 is 2.17 bits per heavy atom. The van der Waals surface area contributed by atoms with Gasteiger partial charge in [0, 0.05) is 42.0 Å². The van der Waals surface area contributed by atoms with Gasteiger partial charge in [-0.2, -0.15) is 0 Å². The number of aryl methyl sites for hydroxylation is 2. The maximum absolute atomic E-state index is 13.1. The van der Waals surface area contributed by atoms with Crippen molar-refractivity contribution >= 4 is 33.9 Å². The molecule has 5 rings (SSSR count). The summed E-state index contributed by atoms with van der Waals surface area (Å²) < 4.78 is 0. The Morgan fingerprint density at radius 1 is 0.775 bits per heavy atom. The lowest BCUT2D eigenvalue weighted by Gasteiger charge is -2.18. The molecule has 8 heteroatoms. The van der Waals surface area contributed by atoms with Crippen molar-refractivity contribution in [3.8, 4) is 11.8 Å². The molecule has 0 bridgehead atoms. The summed E-state index contributed by atoms with van der Waals surface area (Å²) >= 11 is 0. The van der Waals surface area contributed by atoms with E-state index in [2.05, 4.69) is 42.4 Å². The third kappa shape index (κ3) is 6.11. The van der Waals surface area contributed by atoms with Crippen molar-refractivity contribution in [1.82, 2.24) is 30.6 Å². The number of likely N-dealkylation sites (N-methyl/N-ethyl adjacent to an activating group) is 1. The van der Waals surface area contributed by atoms with Gasteiger partial charge in [-0.1, -0.05) is 24.0 Å². The van der Waals surface area contributed by atoms with Gasteiger partial charge in [-0.3, -0.25) is 19.6 Å². The first kappa shape index (κ1) is 26.4. The molecule has 0 unspecified atom stereocenters. The average Bonchev–Trinajstić information content (AvgIpc) is 2.96. The van der Waals surface area contributed by atoms with Gasteiger partial charge >= 0.3 is 0 Å². The van der Waals surface area contributed by atoms with Crippen molar-refractivity contribution in [1.29, 1.82) is 0 Å². The van der Waals surface area contributed by atoms with Crippen LogP contribution in [0.5, 0.6) is 0 Å². The fraction of sp³-hybridized carbons (Fsp3) is 0.188. The minimum absolute atomic E-state index is 0.244. The number of hydrogen-bond donors (Lipinski definition) is 2. The van der Waals surface area contributed by atoms with Gasteiger partial charge in [0.2, 0.25) is 5.91 Å². The van der Waals surface area contributed by atoms with Gasteiger partial charge in [0.05, 0.1) is 33.5 Å². The number of aromatic nitrogens is 4. The molecule has 0 aliphatic carbocycles. The maximum atomic E-state index is 13.1. The normalized spacial score (nSPS) is 11.5. The highest BCUT2D eigenvalue weighted by atomic mass is 16.2. The van der Waals surface area contributed by atoms with Crippen LogP contribution < -0.4 is 10.6 Å². The Balaban J connectivity index is 1.30. The monoisotopic (exact) mass is 528 g/mol. The Kier molecular flexibility index (Phi) is 7.74. The van der Waals surface area contributed by atoms with Gasteiger partial charge in [-0.05, 0) is 74.9 Å². The van der Waals surface area contributed by atoms with Crippen molar-refractivity contribution in [2.24, 2.45) is 0 Å². The summed E-state index contributed by atoms with van der Waals surface area (Å²) in [5, 5.41) is 5.72. The minimum atomic E-state index is -0.746. The number of hydrogen-bond acceptors (Lipinski definition) is 6. The fourth-order valence-corrected chi connectivity index (χ4v) is 4.27. The number of nitrogens with zero attached hydrogens (tertiary/aromatic N) is 4. The zero-order valence-electron chi connectivity index (χ0n) is 22.5. The summed E-state index contributed by atoms with van der Waals surface area (Å²) in [6.45, 7) is 6.09. The number of carbonyl (C=O) groups is 2. The molecule has 5 aromatic rings. The fourth-order valence-electron chi connectivity index (χ4n) is 4.27. The molecular formula is C32H28N6O2. The molecule has 0 spiro atoms. The van der Waals surface area contributed by atoms with Gasteiger partial charge in [0.15, 0.2) is 0 Å². The van der Waals surface area contributed by atoms with E-state index in [1.165, 1.54) is 0 Å². The highest BCUT2D eigenvalue weighted by Gasteiger charge is 2.22. The average molecular weight is 529 g/mol. The molecule has 198 valence electrons. The highest BCUT2D eigenvalue weighted by molar-refractivity contribution is 5.99. The number of carbonyl (C=O) groups excluding carboxylic acids is 2. The Hall–Kier alpha value is -5.16. The predicted molar refractivity (Wildman–Crippen MR) is 155 cm³/mol. The Labute approximate surface area is 232 Å². The molecule has 0 fully saturated rings. The molecular weight excluding hydrogens is 500 g/mol. The van der Waals surface area contributed by atoms with E-state index in [4.69, 9.17) is 0 Å². The molecule has 8 nitrogen and oxygen atoms in total. The largest absolute Gasteiger partial charge is 0.355 e. The third-order valence-corrected chi connectivity index (χ3v) is 6.52. The van der Waals surface area contributed by atoms with Crippen LogP contribution >= 0.6 is 0 Å². The molecule has 2 heterocycles. The quantitative estimate of drug-likeness (QED) is 0.322. The Bertz CT molecular complexity index is 1790. The number of benzene rings is 3. The van der Waals surface area contributed by atoms with Gasteiger partial charge in [-0.25, -0.2) is 9.97 Å². The molecule has 2 aromatic heterocycles. The molecule has 0 aliphatic rings. The SMILES string of the molecule is CCNC(=O)[C@@H](Cc1ccc(C#Cc2ccc3nccnc3c2)cc1)NC(=O)c1ccc2nc(C)c(C)nc2c1. The zero-order chi connectivity index (χ0) is 28.1. The van der Waals surface area contributed by atoms with Crippen LogP contribution in [0, 0.1) is 25.7 Å². The van der Waals surface area contributed by atoms with E-state index < -0.39 is 6.04 Å². The number of rotatable bonds is 6. The highest BCUT2D eigenvalue weighted by Crippen LogP contribution is 2.16. The van der Waals surface area contributed by atoms with Crippen LogP contribution in [-0.4, -0.2) is 44.3 Å². The Morgan fingerprint density at radius 2 is 1.43 bits per heavy atom. The molecule has 3 aromatic carbocycles. The van der Waals surface area contributed by atoms with Crippen molar-refractivity contribution < 1.29 is 9.59 Å². The van der Waals surface area contributed by atoms with E-state index in [1.54, 1.807) is 30.6 Å². The molecule has 40 heavy (non-hydrogen) atoms. The van der Waals surface area contributed by atoms with Crippen LogP contribution in [-0.2, 0) is 11.2 Å². The van der Waals surface area contributed by atoms with Crippen LogP contribution in [0.25, 0.3) is 22.1 Å². The van der Waals surface area contributed by atoms with Crippen LogP contribution in [0.4, 0.5) is 0 Å². The first-order valence-electron chi connectivity index (χ1n) is 13.0. The minimum Gasteiger partial charge on any atom is -0.355 e. The first-order chi connectivity index (χ1) is 19.4. The topological polar surface area (TPSA) is 110 Å². The van der Waals surface area contributed by atoms with Crippen molar-refractivity contribution in [3.05, 3.63) is 107 Å². The van der Waals surface area contributed by atoms with Crippen LogP contribution in [0.2, 0.25) is 0 Å². The van der Waals surface area contributed by atoms with Gasteiger partial charge in [0.25, 0.3) is 5.91 Å². The zero-order valence-corrected chi connectivity index (χ0v) is 22.5. The van der Waals surface area contributed by atoms with Crippen LogP contribution in [0.15, 0.2) is 73.1 Å². The molecule has 2 amide bonds. The molecule has 0 saturated carbocycles. The summed E-state index contributed by atoms with van der Waals surface area (Å²) in [6, 6.07) is 17.8. The lowest BCUT2D eigenvalue weighted by molar-refractivity contribution is -0.122. The summed E-state index contributed by atoms with van der Waals surface area (Å²) in [7, 11) is 0. The number of nitrogens with one attached hydrogen (secondary N) is 2. The van der Waals surface area contributed by atoms with E-state index in [-0.39, 0.29) is 11.8 Å².